The van der Waals surface area contributed by atoms with E-state index in [1.165, 1.54) is 12.3 Å². The van der Waals surface area contributed by atoms with E-state index in [2.05, 4.69) is 10.3 Å². The van der Waals surface area contributed by atoms with Crippen LogP contribution in [0.25, 0.3) is 0 Å². The van der Waals surface area contributed by atoms with Crippen LogP contribution in [0.5, 0.6) is 0 Å². The van der Waals surface area contributed by atoms with Crippen molar-refractivity contribution in [2.45, 2.75) is 19.4 Å². The van der Waals surface area contributed by atoms with Gasteiger partial charge in [-0.05, 0) is 12.5 Å². The first-order valence-corrected chi connectivity index (χ1v) is 4.25. The van der Waals surface area contributed by atoms with Gasteiger partial charge in [0.2, 0.25) is 5.95 Å². The highest BCUT2D eigenvalue weighted by Gasteiger charge is 2.04. The molecule has 1 unspecified atom stereocenters. The van der Waals surface area contributed by atoms with E-state index in [-0.39, 0.29) is 12.6 Å². The molecule has 0 aliphatic carbocycles. The lowest BCUT2D eigenvalue weighted by Crippen LogP contribution is -2.22. The van der Waals surface area contributed by atoms with Crippen molar-refractivity contribution in [1.82, 2.24) is 4.98 Å². The van der Waals surface area contributed by atoms with Crippen molar-refractivity contribution in [2.24, 2.45) is 0 Å². The number of rotatable bonds is 4. The molecule has 0 aliphatic heterocycles. The van der Waals surface area contributed by atoms with Crippen LogP contribution in [0.3, 0.4) is 0 Å². The maximum atomic E-state index is 12.6. The molecule has 3 nitrogen and oxygen atoms in total. The van der Waals surface area contributed by atoms with Gasteiger partial charge < -0.3 is 10.4 Å². The quantitative estimate of drug-likeness (QED) is 0.695. The van der Waals surface area contributed by atoms with Crippen LogP contribution < -0.4 is 5.32 Å². The first-order valence-electron chi connectivity index (χ1n) is 4.25. The molecule has 0 bridgehead atoms. The van der Waals surface area contributed by atoms with Gasteiger partial charge in [-0.3, -0.25) is 0 Å². The molecule has 4 heteroatoms. The minimum Gasteiger partial charge on any atom is -0.394 e. The molecule has 2 N–H and O–H groups in total. The van der Waals surface area contributed by atoms with Crippen molar-refractivity contribution < 1.29 is 9.50 Å². The molecule has 1 atom stereocenters. The highest BCUT2D eigenvalue weighted by molar-refractivity contribution is 5.42. The number of nitrogens with one attached hydrogen (secondary N) is 1. The highest BCUT2D eigenvalue weighted by Crippen LogP contribution is 2.09. The van der Waals surface area contributed by atoms with Gasteiger partial charge in [-0.1, -0.05) is 6.92 Å². The third-order valence-electron chi connectivity index (χ3n) is 1.81. The van der Waals surface area contributed by atoms with Crippen molar-refractivity contribution in [3.63, 3.8) is 0 Å². The number of aliphatic hydroxyl groups is 1. The third-order valence-corrected chi connectivity index (χ3v) is 1.81. The molecule has 13 heavy (non-hydrogen) atoms. The van der Waals surface area contributed by atoms with Crippen molar-refractivity contribution in [1.29, 1.82) is 0 Å². The van der Waals surface area contributed by atoms with Crippen molar-refractivity contribution in [2.75, 3.05) is 11.9 Å². The van der Waals surface area contributed by atoms with Gasteiger partial charge in [0.1, 0.15) is 0 Å². The van der Waals surface area contributed by atoms with Crippen molar-refractivity contribution >= 4 is 5.69 Å². The monoisotopic (exact) mass is 184 g/mol. The van der Waals surface area contributed by atoms with Gasteiger partial charge in [0, 0.05) is 24.0 Å². The Morgan fingerprint density at radius 1 is 1.69 bits per heavy atom. The number of nitrogens with zero attached hydrogens (tertiary/aromatic N) is 1. The fraction of sp³-hybridized carbons (Fsp3) is 0.444. The van der Waals surface area contributed by atoms with Crippen LogP contribution in [-0.2, 0) is 0 Å². The van der Waals surface area contributed by atoms with Crippen LogP contribution in [-0.4, -0.2) is 22.7 Å². The number of hydrogen-bond acceptors (Lipinski definition) is 3. The third kappa shape index (κ3) is 2.99. The SMILES string of the molecule is CCC(CO)Nc1ccnc(F)c1. The Balaban J connectivity index is 2.62. The van der Waals surface area contributed by atoms with E-state index in [1.54, 1.807) is 6.07 Å². The average molecular weight is 184 g/mol. The topological polar surface area (TPSA) is 45.1 Å². The predicted molar refractivity (Wildman–Crippen MR) is 49.0 cm³/mol. The molecule has 1 rings (SSSR count). The zero-order chi connectivity index (χ0) is 9.68. The lowest BCUT2D eigenvalue weighted by molar-refractivity contribution is 0.272. The Morgan fingerprint density at radius 2 is 2.46 bits per heavy atom. The fourth-order valence-electron chi connectivity index (χ4n) is 1.00. The molecule has 1 aromatic rings. The molecule has 0 amide bonds. The molecule has 0 saturated carbocycles. The number of anilines is 1. The fourth-order valence-corrected chi connectivity index (χ4v) is 1.00. The molecule has 1 aromatic heterocycles. The minimum absolute atomic E-state index is 0.0261. The number of pyridine rings is 1. The van der Waals surface area contributed by atoms with E-state index in [1.807, 2.05) is 6.92 Å². The molecule has 0 radical (unpaired) electrons. The van der Waals surface area contributed by atoms with Gasteiger partial charge in [-0.2, -0.15) is 4.39 Å². The van der Waals surface area contributed by atoms with Crippen molar-refractivity contribution in [3.05, 3.63) is 24.3 Å². The van der Waals surface area contributed by atoms with Crippen molar-refractivity contribution in [3.8, 4) is 0 Å². The number of aromatic nitrogens is 1. The van der Waals surface area contributed by atoms with E-state index in [4.69, 9.17) is 5.11 Å². The maximum Gasteiger partial charge on any atom is 0.214 e. The molecular weight excluding hydrogens is 171 g/mol. The average Bonchev–Trinajstić information content (AvgIpc) is 2.14. The summed E-state index contributed by atoms with van der Waals surface area (Å²) in [6, 6.07) is 2.95. The van der Waals surface area contributed by atoms with E-state index >= 15 is 0 Å². The summed E-state index contributed by atoms with van der Waals surface area (Å²) in [6.07, 6.45) is 2.18. The van der Waals surface area contributed by atoms with Crippen LogP contribution in [0.15, 0.2) is 18.3 Å². The zero-order valence-corrected chi connectivity index (χ0v) is 7.50. The maximum absolute atomic E-state index is 12.6. The minimum atomic E-state index is -0.516. The molecule has 0 aliphatic rings. The van der Waals surface area contributed by atoms with E-state index in [0.717, 1.165) is 6.42 Å². The second kappa shape index (κ2) is 4.77. The summed E-state index contributed by atoms with van der Waals surface area (Å²) in [6.45, 7) is 1.99. The number of hydrogen-bond donors (Lipinski definition) is 2. The summed E-state index contributed by atoms with van der Waals surface area (Å²) < 4.78 is 12.6. The number of aliphatic hydroxyl groups excluding tert-OH is 1. The first kappa shape index (κ1) is 9.92. The summed E-state index contributed by atoms with van der Waals surface area (Å²) in [5.74, 6) is -0.516. The van der Waals surface area contributed by atoms with Crippen LogP contribution in [0, 0.1) is 5.95 Å². The molecule has 72 valence electrons. The Morgan fingerprint density at radius 3 is 3.00 bits per heavy atom. The summed E-state index contributed by atoms with van der Waals surface area (Å²) >= 11 is 0. The standard InChI is InChI=1S/C9H13FN2O/c1-2-7(6-13)12-8-3-4-11-9(10)5-8/h3-5,7,13H,2,6H2,1H3,(H,11,12). The predicted octanol–water partition coefficient (Wildman–Crippen LogP) is 1.40. The van der Waals surface area contributed by atoms with Gasteiger partial charge in [-0.15, -0.1) is 0 Å². The second-order valence-corrected chi connectivity index (χ2v) is 2.80. The number of halogens is 1. The molecule has 0 aromatic carbocycles. The zero-order valence-electron chi connectivity index (χ0n) is 7.50. The Kier molecular flexibility index (Phi) is 3.64. The van der Waals surface area contributed by atoms with Gasteiger partial charge >= 0.3 is 0 Å². The Hall–Kier alpha value is -1.16. The lowest BCUT2D eigenvalue weighted by Gasteiger charge is -2.14. The van der Waals surface area contributed by atoms with Crippen LogP contribution >= 0.6 is 0 Å². The molecule has 1 heterocycles. The van der Waals surface area contributed by atoms with E-state index in [9.17, 15) is 4.39 Å². The summed E-state index contributed by atoms with van der Waals surface area (Å²) in [7, 11) is 0. The lowest BCUT2D eigenvalue weighted by atomic mass is 10.2. The Labute approximate surface area is 76.6 Å². The molecule has 0 spiro atoms. The molecule has 0 saturated heterocycles. The van der Waals surface area contributed by atoms with Crippen LogP contribution in [0.4, 0.5) is 10.1 Å². The van der Waals surface area contributed by atoms with Crippen LogP contribution in [0.1, 0.15) is 13.3 Å². The largest absolute Gasteiger partial charge is 0.394 e. The summed E-state index contributed by atoms with van der Waals surface area (Å²) in [4.78, 5) is 3.43. The normalized spacial score (nSPS) is 12.5. The molecule has 0 fully saturated rings. The summed E-state index contributed by atoms with van der Waals surface area (Å²) in [5.41, 5.74) is 0.647. The highest BCUT2D eigenvalue weighted by atomic mass is 19.1. The smallest absolute Gasteiger partial charge is 0.214 e. The van der Waals surface area contributed by atoms with Gasteiger partial charge in [0.25, 0.3) is 0 Å². The van der Waals surface area contributed by atoms with E-state index in [0.29, 0.717) is 5.69 Å². The second-order valence-electron chi connectivity index (χ2n) is 2.80. The van der Waals surface area contributed by atoms with Gasteiger partial charge in [0.15, 0.2) is 0 Å². The molecular formula is C9H13FN2O. The van der Waals surface area contributed by atoms with E-state index < -0.39 is 5.95 Å². The Bertz CT molecular complexity index is 264. The first-order chi connectivity index (χ1) is 6.26. The van der Waals surface area contributed by atoms with Gasteiger partial charge in [0.05, 0.1) is 6.61 Å². The summed E-state index contributed by atoms with van der Waals surface area (Å²) in [5, 5.41) is 11.9. The van der Waals surface area contributed by atoms with Gasteiger partial charge in [-0.25, -0.2) is 4.98 Å². The van der Waals surface area contributed by atoms with Crippen LogP contribution in [0.2, 0.25) is 0 Å².